The fourth-order valence-electron chi connectivity index (χ4n) is 3.48. The number of alkyl carbamates (subject to hydrolysis) is 1. The van der Waals surface area contributed by atoms with Crippen molar-refractivity contribution in [3.05, 3.63) is 60.0 Å². The first-order valence-corrected chi connectivity index (χ1v) is 11.6. The molecule has 34 heavy (non-hydrogen) atoms. The Bertz CT molecular complexity index is 1080. The van der Waals surface area contributed by atoms with Gasteiger partial charge in [-0.15, -0.1) is 0 Å². The highest BCUT2D eigenvalue weighted by atomic mass is 19.1. The third kappa shape index (κ3) is 7.15. The number of methoxy groups -OCH3 is 1. The van der Waals surface area contributed by atoms with Crippen LogP contribution in [0.25, 0.3) is 22.0 Å². The summed E-state index contributed by atoms with van der Waals surface area (Å²) in [6.45, 7) is 12.3. The number of halogens is 1. The fourth-order valence-corrected chi connectivity index (χ4v) is 3.48. The van der Waals surface area contributed by atoms with Crippen molar-refractivity contribution in [1.29, 1.82) is 0 Å². The number of carbonyl (C=O) groups is 1. The van der Waals surface area contributed by atoms with E-state index in [1.165, 1.54) is 12.1 Å². The number of carbonyl (C=O) groups excluding carboxylic acids is 1. The van der Waals surface area contributed by atoms with Gasteiger partial charge in [-0.3, -0.25) is 0 Å². The van der Waals surface area contributed by atoms with E-state index in [4.69, 9.17) is 14.5 Å². The molecule has 0 saturated heterocycles. The number of fused-ring (bicyclic) bond motifs is 1. The number of hydrogen-bond donors (Lipinski definition) is 2. The summed E-state index contributed by atoms with van der Waals surface area (Å²) < 4.78 is 24.8. The van der Waals surface area contributed by atoms with E-state index in [9.17, 15) is 9.18 Å². The molecule has 1 heterocycles. The maximum atomic E-state index is 14.2. The minimum atomic E-state index is -0.618. The van der Waals surface area contributed by atoms with Crippen LogP contribution in [-0.2, 0) is 9.47 Å². The zero-order chi connectivity index (χ0) is 25.3. The Labute approximate surface area is 201 Å². The fraction of sp³-hybridized carbons (Fsp3) is 0.407. The Hall–Kier alpha value is -3.19. The first kappa shape index (κ1) is 27.1. The van der Waals surface area contributed by atoms with Crippen LogP contribution < -0.4 is 10.6 Å². The molecule has 0 saturated carbocycles. The van der Waals surface area contributed by atoms with Gasteiger partial charge < -0.3 is 20.1 Å². The summed E-state index contributed by atoms with van der Waals surface area (Å²) in [5, 5.41) is 6.94. The predicted octanol–water partition coefficient (Wildman–Crippen LogP) is 6.71. The molecule has 184 valence electrons. The van der Waals surface area contributed by atoms with Crippen LogP contribution in [0.15, 0.2) is 48.5 Å². The SMILES string of the molecule is CC.COCCNc1c(-c2ccccc2)c(C(C)NC(=O)OC(C)(C)C)nc2ccc(F)cc12. The minimum Gasteiger partial charge on any atom is -0.444 e. The molecule has 1 unspecified atom stereocenters. The van der Waals surface area contributed by atoms with Crippen molar-refractivity contribution < 1.29 is 18.7 Å². The zero-order valence-electron chi connectivity index (χ0n) is 21.2. The lowest BCUT2D eigenvalue weighted by atomic mass is 9.95. The van der Waals surface area contributed by atoms with Crippen molar-refractivity contribution in [3.8, 4) is 11.1 Å². The number of pyridine rings is 1. The number of nitrogens with one attached hydrogen (secondary N) is 2. The molecule has 2 aromatic carbocycles. The van der Waals surface area contributed by atoms with E-state index >= 15 is 0 Å². The molecule has 0 aliphatic carbocycles. The Morgan fingerprint density at radius 2 is 1.79 bits per heavy atom. The van der Waals surface area contributed by atoms with Gasteiger partial charge in [-0.2, -0.15) is 0 Å². The van der Waals surface area contributed by atoms with Crippen molar-refractivity contribution in [2.45, 2.75) is 53.2 Å². The second kappa shape index (κ2) is 12.3. The van der Waals surface area contributed by atoms with E-state index in [2.05, 4.69) is 10.6 Å². The van der Waals surface area contributed by atoms with Crippen LogP contribution in [0.1, 0.15) is 53.3 Å². The molecular weight excluding hydrogens is 433 g/mol. The normalized spacial score (nSPS) is 11.9. The van der Waals surface area contributed by atoms with Crippen molar-refractivity contribution in [1.82, 2.24) is 10.3 Å². The summed E-state index contributed by atoms with van der Waals surface area (Å²) in [7, 11) is 1.63. The van der Waals surface area contributed by atoms with Gasteiger partial charge in [0, 0.05) is 24.6 Å². The molecule has 3 rings (SSSR count). The van der Waals surface area contributed by atoms with Gasteiger partial charge in [0.05, 0.1) is 29.5 Å². The highest BCUT2D eigenvalue weighted by molar-refractivity contribution is 6.00. The van der Waals surface area contributed by atoms with E-state index in [1.807, 2.05) is 71.9 Å². The summed E-state index contributed by atoms with van der Waals surface area (Å²) in [5.74, 6) is -0.346. The molecular formula is C27H36FN3O3. The van der Waals surface area contributed by atoms with Crippen molar-refractivity contribution in [2.75, 3.05) is 25.6 Å². The number of hydrogen-bond acceptors (Lipinski definition) is 5. The van der Waals surface area contributed by atoms with Crippen LogP contribution in [0.4, 0.5) is 14.9 Å². The lowest BCUT2D eigenvalue weighted by molar-refractivity contribution is 0.0507. The number of anilines is 1. The van der Waals surface area contributed by atoms with Crippen LogP contribution in [-0.4, -0.2) is 36.9 Å². The summed E-state index contributed by atoms with van der Waals surface area (Å²) in [6.07, 6.45) is -0.529. The Morgan fingerprint density at radius 3 is 2.41 bits per heavy atom. The van der Waals surface area contributed by atoms with Crippen LogP contribution in [0, 0.1) is 5.82 Å². The molecule has 7 heteroatoms. The first-order valence-electron chi connectivity index (χ1n) is 11.6. The Balaban J connectivity index is 0.00000199. The van der Waals surface area contributed by atoms with Gasteiger partial charge in [-0.05, 0) is 51.5 Å². The maximum absolute atomic E-state index is 14.2. The number of amides is 1. The van der Waals surface area contributed by atoms with E-state index in [0.717, 1.165) is 16.8 Å². The van der Waals surface area contributed by atoms with Crippen LogP contribution in [0.5, 0.6) is 0 Å². The van der Waals surface area contributed by atoms with Gasteiger partial charge >= 0.3 is 6.09 Å². The van der Waals surface area contributed by atoms with Crippen molar-refractivity contribution in [2.24, 2.45) is 0 Å². The average molecular weight is 470 g/mol. The molecule has 6 nitrogen and oxygen atoms in total. The largest absolute Gasteiger partial charge is 0.444 e. The van der Waals surface area contributed by atoms with Crippen LogP contribution in [0.3, 0.4) is 0 Å². The van der Waals surface area contributed by atoms with Crippen LogP contribution in [0.2, 0.25) is 0 Å². The van der Waals surface area contributed by atoms with E-state index in [1.54, 1.807) is 13.2 Å². The number of rotatable bonds is 7. The zero-order valence-corrected chi connectivity index (χ0v) is 21.2. The van der Waals surface area contributed by atoms with Gasteiger partial charge in [-0.1, -0.05) is 44.2 Å². The lowest BCUT2D eigenvalue weighted by Gasteiger charge is -2.25. The molecule has 0 radical (unpaired) electrons. The van der Waals surface area contributed by atoms with Crippen LogP contribution >= 0.6 is 0 Å². The molecule has 0 aliphatic heterocycles. The average Bonchev–Trinajstić information content (AvgIpc) is 2.79. The van der Waals surface area contributed by atoms with Gasteiger partial charge in [0.15, 0.2) is 0 Å². The summed E-state index contributed by atoms with van der Waals surface area (Å²) in [5.41, 5.74) is 3.10. The summed E-state index contributed by atoms with van der Waals surface area (Å²) in [6, 6.07) is 13.8. The molecule has 2 N–H and O–H groups in total. The Kier molecular flexibility index (Phi) is 9.81. The predicted molar refractivity (Wildman–Crippen MR) is 137 cm³/mol. The number of benzene rings is 2. The van der Waals surface area contributed by atoms with Crippen molar-refractivity contribution in [3.63, 3.8) is 0 Å². The third-order valence-corrected chi connectivity index (χ3v) is 4.79. The molecule has 1 amide bonds. The number of aromatic nitrogens is 1. The highest BCUT2D eigenvalue weighted by Crippen LogP contribution is 2.39. The molecule has 0 aliphatic rings. The van der Waals surface area contributed by atoms with E-state index in [0.29, 0.717) is 29.7 Å². The third-order valence-electron chi connectivity index (χ3n) is 4.79. The van der Waals surface area contributed by atoms with Gasteiger partial charge in [0.25, 0.3) is 0 Å². The molecule has 1 aromatic heterocycles. The smallest absolute Gasteiger partial charge is 0.408 e. The van der Waals surface area contributed by atoms with Gasteiger partial charge in [0.2, 0.25) is 0 Å². The molecule has 3 aromatic rings. The standard InChI is InChI=1S/C25H30FN3O3.C2H6/c1-16(28-24(30)32-25(2,3)4)22-21(17-9-7-6-8-10-17)23(27-13-14-31-5)19-15-18(26)11-12-20(19)29-22;1-2/h6-12,15-16H,13-14H2,1-5H3,(H,27,29)(H,28,30);1-2H3. The van der Waals surface area contributed by atoms with E-state index in [-0.39, 0.29) is 5.82 Å². The first-order chi connectivity index (χ1) is 16.2. The second-order valence-corrected chi connectivity index (χ2v) is 8.56. The molecule has 0 bridgehead atoms. The number of ether oxygens (including phenoxy) is 2. The number of nitrogens with zero attached hydrogens (tertiary/aromatic N) is 1. The van der Waals surface area contributed by atoms with Crippen molar-refractivity contribution >= 4 is 22.7 Å². The second-order valence-electron chi connectivity index (χ2n) is 8.56. The highest BCUT2D eigenvalue weighted by Gasteiger charge is 2.24. The monoisotopic (exact) mass is 469 g/mol. The summed E-state index contributed by atoms with van der Waals surface area (Å²) >= 11 is 0. The quantitative estimate of drug-likeness (QED) is 0.376. The molecule has 0 spiro atoms. The van der Waals surface area contributed by atoms with Gasteiger partial charge in [-0.25, -0.2) is 14.2 Å². The van der Waals surface area contributed by atoms with E-state index < -0.39 is 17.7 Å². The lowest BCUT2D eigenvalue weighted by Crippen LogP contribution is -2.34. The summed E-state index contributed by atoms with van der Waals surface area (Å²) in [4.78, 5) is 17.3. The molecule has 0 fully saturated rings. The van der Waals surface area contributed by atoms with Gasteiger partial charge in [0.1, 0.15) is 11.4 Å². The maximum Gasteiger partial charge on any atom is 0.408 e. The topological polar surface area (TPSA) is 72.5 Å². The Morgan fingerprint density at radius 1 is 1.12 bits per heavy atom. The minimum absolute atomic E-state index is 0.346. The molecule has 1 atom stereocenters.